The summed E-state index contributed by atoms with van der Waals surface area (Å²) < 4.78 is 27.0. The van der Waals surface area contributed by atoms with E-state index in [4.69, 9.17) is 5.26 Å². The molecule has 1 aliphatic carbocycles. The summed E-state index contributed by atoms with van der Waals surface area (Å²) in [7, 11) is -3.50. The first kappa shape index (κ1) is 16.0. The molecule has 1 fully saturated rings. The number of aliphatic hydroxyl groups is 1. The highest BCUT2D eigenvalue weighted by atomic mass is 32.2. The maximum atomic E-state index is 12.2. The van der Waals surface area contributed by atoms with Crippen molar-refractivity contribution in [3.05, 3.63) is 35.4 Å². The Labute approximate surface area is 125 Å². The Morgan fingerprint density at radius 1 is 1.19 bits per heavy atom. The zero-order valence-corrected chi connectivity index (χ0v) is 12.6. The van der Waals surface area contributed by atoms with E-state index >= 15 is 0 Å². The van der Waals surface area contributed by atoms with Crippen LogP contribution in [0.15, 0.2) is 24.3 Å². The SMILES string of the molecule is N#Cc1ccc(CS(=O)(=O)NC2CCCCCC2O)cc1. The van der Waals surface area contributed by atoms with Crippen LogP contribution in [0.3, 0.4) is 0 Å². The van der Waals surface area contributed by atoms with E-state index in [1.165, 1.54) is 0 Å². The molecule has 0 amide bonds. The Kier molecular flexibility index (Phi) is 5.34. The predicted molar refractivity (Wildman–Crippen MR) is 79.8 cm³/mol. The first-order valence-electron chi connectivity index (χ1n) is 7.17. The van der Waals surface area contributed by atoms with Crippen molar-refractivity contribution in [2.75, 3.05) is 0 Å². The minimum absolute atomic E-state index is 0.137. The molecule has 1 aromatic rings. The number of hydrogen-bond acceptors (Lipinski definition) is 4. The molecule has 2 unspecified atom stereocenters. The molecule has 21 heavy (non-hydrogen) atoms. The molecule has 1 saturated carbocycles. The molecule has 2 N–H and O–H groups in total. The number of nitrogens with zero attached hydrogens (tertiary/aromatic N) is 1. The Morgan fingerprint density at radius 3 is 2.52 bits per heavy atom. The maximum absolute atomic E-state index is 12.2. The zero-order chi connectivity index (χ0) is 15.3. The van der Waals surface area contributed by atoms with Crippen LogP contribution in [0.4, 0.5) is 0 Å². The Morgan fingerprint density at radius 2 is 1.86 bits per heavy atom. The molecular formula is C15H20N2O3S. The van der Waals surface area contributed by atoms with Gasteiger partial charge >= 0.3 is 0 Å². The molecule has 0 spiro atoms. The second-order valence-corrected chi connectivity index (χ2v) is 7.25. The largest absolute Gasteiger partial charge is 0.391 e. The lowest BCUT2D eigenvalue weighted by atomic mass is 10.1. The lowest BCUT2D eigenvalue weighted by molar-refractivity contribution is 0.130. The first-order chi connectivity index (χ1) is 10.00. The van der Waals surface area contributed by atoms with E-state index < -0.39 is 22.2 Å². The summed E-state index contributed by atoms with van der Waals surface area (Å²) in [6.07, 6.45) is 3.61. The summed E-state index contributed by atoms with van der Waals surface area (Å²) in [5.41, 5.74) is 1.13. The molecule has 0 radical (unpaired) electrons. The second-order valence-electron chi connectivity index (χ2n) is 5.50. The Hall–Kier alpha value is -1.42. The molecule has 0 bridgehead atoms. The van der Waals surface area contributed by atoms with Crippen LogP contribution >= 0.6 is 0 Å². The topological polar surface area (TPSA) is 90.2 Å². The van der Waals surface area contributed by atoms with Gasteiger partial charge in [-0.3, -0.25) is 0 Å². The van der Waals surface area contributed by atoms with Gasteiger partial charge in [-0.15, -0.1) is 0 Å². The molecule has 6 heteroatoms. The van der Waals surface area contributed by atoms with Gasteiger partial charge in [0, 0.05) is 6.04 Å². The quantitative estimate of drug-likeness (QED) is 0.828. The molecule has 0 saturated heterocycles. The van der Waals surface area contributed by atoms with Crippen LogP contribution in [0.1, 0.15) is 43.2 Å². The van der Waals surface area contributed by atoms with Crippen molar-refractivity contribution in [2.45, 2.75) is 50.0 Å². The number of nitriles is 1. The van der Waals surface area contributed by atoms with Crippen molar-refractivity contribution in [1.82, 2.24) is 4.72 Å². The molecule has 0 aliphatic heterocycles. The van der Waals surface area contributed by atoms with Crippen molar-refractivity contribution >= 4 is 10.0 Å². The van der Waals surface area contributed by atoms with Gasteiger partial charge < -0.3 is 5.11 Å². The van der Waals surface area contributed by atoms with Crippen LogP contribution in [0.5, 0.6) is 0 Å². The zero-order valence-electron chi connectivity index (χ0n) is 11.8. The fourth-order valence-corrected chi connectivity index (χ4v) is 4.04. The van der Waals surface area contributed by atoms with Gasteiger partial charge in [0.2, 0.25) is 10.0 Å². The van der Waals surface area contributed by atoms with E-state index in [0.717, 1.165) is 19.3 Å². The van der Waals surface area contributed by atoms with Gasteiger partial charge in [0.15, 0.2) is 0 Å². The van der Waals surface area contributed by atoms with Crippen LogP contribution in [0, 0.1) is 11.3 Å². The minimum Gasteiger partial charge on any atom is -0.391 e. The van der Waals surface area contributed by atoms with Gasteiger partial charge in [0.05, 0.1) is 23.5 Å². The number of sulfonamides is 1. The van der Waals surface area contributed by atoms with Crippen molar-refractivity contribution in [3.8, 4) is 6.07 Å². The summed E-state index contributed by atoms with van der Waals surface area (Å²) in [6, 6.07) is 8.09. The number of aliphatic hydroxyl groups excluding tert-OH is 1. The van der Waals surface area contributed by atoms with Crippen molar-refractivity contribution in [3.63, 3.8) is 0 Å². The molecule has 0 aromatic heterocycles. The summed E-state index contributed by atoms with van der Waals surface area (Å²) in [5.74, 6) is -0.137. The van der Waals surface area contributed by atoms with Crippen molar-refractivity contribution < 1.29 is 13.5 Å². The van der Waals surface area contributed by atoms with Crippen molar-refractivity contribution in [1.29, 1.82) is 5.26 Å². The summed E-state index contributed by atoms with van der Waals surface area (Å²) >= 11 is 0. The van der Waals surface area contributed by atoms with E-state index in [1.807, 2.05) is 6.07 Å². The number of rotatable bonds is 4. The molecule has 1 aliphatic rings. The highest BCUT2D eigenvalue weighted by molar-refractivity contribution is 7.88. The van der Waals surface area contributed by atoms with E-state index in [9.17, 15) is 13.5 Å². The summed E-state index contributed by atoms with van der Waals surface area (Å²) in [6.45, 7) is 0. The average Bonchev–Trinajstić information content (AvgIpc) is 2.64. The van der Waals surface area contributed by atoms with Crippen LogP contribution in [0.2, 0.25) is 0 Å². The smallest absolute Gasteiger partial charge is 0.216 e. The Bertz CT molecular complexity index is 605. The molecule has 5 nitrogen and oxygen atoms in total. The fourth-order valence-electron chi connectivity index (χ4n) is 2.59. The van der Waals surface area contributed by atoms with E-state index in [2.05, 4.69) is 4.72 Å². The predicted octanol–water partition coefficient (Wildman–Crippen LogP) is 1.67. The third-order valence-corrected chi connectivity index (χ3v) is 5.13. The van der Waals surface area contributed by atoms with Gasteiger partial charge in [0.25, 0.3) is 0 Å². The van der Waals surface area contributed by atoms with Crippen LogP contribution < -0.4 is 4.72 Å². The molecule has 114 valence electrons. The average molecular weight is 308 g/mol. The minimum atomic E-state index is -3.50. The standard InChI is InChI=1S/C15H20N2O3S/c16-10-12-6-8-13(9-7-12)11-21(19,20)17-14-4-2-1-3-5-15(14)18/h6-9,14-15,17-18H,1-5,11H2. The van der Waals surface area contributed by atoms with Gasteiger partial charge in [-0.25, -0.2) is 13.1 Å². The fraction of sp³-hybridized carbons (Fsp3) is 0.533. The third kappa shape index (κ3) is 4.81. The van der Waals surface area contributed by atoms with Crippen LogP contribution in [-0.2, 0) is 15.8 Å². The summed E-state index contributed by atoms with van der Waals surface area (Å²) in [4.78, 5) is 0. The van der Waals surface area contributed by atoms with Gasteiger partial charge in [-0.1, -0.05) is 31.4 Å². The van der Waals surface area contributed by atoms with Crippen LogP contribution in [0.25, 0.3) is 0 Å². The first-order valence-corrected chi connectivity index (χ1v) is 8.82. The Balaban J connectivity index is 2.02. The normalized spacial score (nSPS) is 23.2. The van der Waals surface area contributed by atoms with E-state index in [0.29, 0.717) is 24.0 Å². The maximum Gasteiger partial charge on any atom is 0.216 e. The lowest BCUT2D eigenvalue weighted by Gasteiger charge is -2.21. The highest BCUT2D eigenvalue weighted by Crippen LogP contribution is 2.19. The third-order valence-electron chi connectivity index (χ3n) is 3.75. The van der Waals surface area contributed by atoms with Crippen LogP contribution in [-0.4, -0.2) is 25.7 Å². The molecule has 0 heterocycles. The van der Waals surface area contributed by atoms with Gasteiger partial charge in [-0.05, 0) is 30.5 Å². The molecular weight excluding hydrogens is 288 g/mol. The molecule has 2 atom stereocenters. The molecule has 2 rings (SSSR count). The highest BCUT2D eigenvalue weighted by Gasteiger charge is 2.26. The summed E-state index contributed by atoms with van der Waals surface area (Å²) in [5, 5.41) is 18.7. The second kappa shape index (κ2) is 7.03. The number of hydrogen-bond donors (Lipinski definition) is 2. The molecule has 1 aromatic carbocycles. The van der Waals surface area contributed by atoms with Gasteiger partial charge in [-0.2, -0.15) is 5.26 Å². The number of nitrogens with one attached hydrogen (secondary N) is 1. The van der Waals surface area contributed by atoms with E-state index in [1.54, 1.807) is 24.3 Å². The van der Waals surface area contributed by atoms with Gasteiger partial charge in [0.1, 0.15) is 0 Å². The van der Waals surface area contributed by atoms with Crippen molar-refractivity contribution in [2.24, 2.45) is 0 Å². The van der Waals surface area contributed by atoms with E-state index in [-0.39, 0.29) is 5.75 Å². The number of benzene rings is 1. The monoisotopic (exact) mass is 308 g/mol. The lowest BCUT2D eigenvalue weighted by Crippen LogP contribution is -2.43.